The molecule has 5 aliphatic rings. The number of aromatic nitrogens is 2. The van der Waals surface area contributed by atoms with Gasteiger partial charge >= 0.3 is 5.97 Å². The molecule has 4 fully saturated rings. The lowest BCUT2D eigenvalue weighted by molar-refractivity contribution is -0.158. The zero-order valence-corrected chi connectivity index (χ0v) is 18.8. The minimum Gasteiger partial charge on any atom is -0.461 e. The predicted molar refractivity (Wildman–Crippen MR) is 119 cm³/mol. The van der Waals surface area contributed by atoms with Crippen molar-refractivity contribution < 1.29 is 14.3 Å². The molecule has 32 heavy (non-hydrogen) atoms. The van der Waals surface area contributed by atoms with Crippen molar-refractivity contribution in [1.82, 2.24) is 14.7 Å². The van der Waals surface area contributed by atoms with E-state index in [4.69, 9.17) is 4.74 Å². The van der Waals surface area contributed by atoms with E-state index in [9.17, 15) is 9.59 Å². The van der Waals surface area contributed by atoms with Gasteiger partial charge in [0.05, 0.1) is 23.4 Å². The summed E-state index contributed by atoms with van der Waals surface area (Å²) in [7, 11) is 0. The zero-order chi connectivity index (χ0) is 21.9. The molecule has 6 nitrogen and oxygen atoms in total. The molecule has 2 aromatic rings. The first-order chi connectivity index (χ1) is 15.6. The topological polar surface area (TPSA) is 64.4 Å². The number of rotatable bonds is 4. The number of carbonyl (C=O) groups is 2. The van der Waals surface area contributed by atoms with Crippen molar-refractivity contribution in [2.24, 2.45) is 23.2 Å². The van der Waals surface area contributed by atoms with Crippen LogP contribution in [0, 0.1) is 23.2 Å². The van der Waals surface area contributed by atoms with Gasteiger partial charge in [0.15, 0.2) is 5.69 Å². The monoisotopic (exact) mass is 433 g/mol. The number of carbonyl (C=O) groups excluding carboxylic acids is 2. The van der Waals surface area contributed by atoms with Gasteiger partial charge in [0, 0.05) is 25.1 Å². The summed E-state index contributed by atoms with van der Waals surface area (Å²) in [6.07, 6.45) is 7.88. The minimum atomic E-state index is -0.400. The van der Waals surface area contributed by atoms with E-state index in [0.29, 0.717) is 37.7 Å². The first-order valence-corrected chi connectivity index (χ1v) is 12.2. The van der Waals surface area contributed by atoms with Crippen LogP contribution < -0.4 is 0 Å². The van der Waals surface area contributed by atoms with Crippen LogP contribution in [0.4, 0.5) is 0 Å². The Hall–Kier alpha value is -2.63. The standard InChI is InChI=1S/C26H31N3O3/c1-2-32-24(30)23-21-16-28(9-8-22(21)29(27-23)20-6-4-3-5-7-20)25(31)26-13-17-10-18(14-26)12-19(11-17)15-26/h3-7,17-19H,2,8-16H2,1H3. The molecule has 4 bridgehead atoms. The number of nitrogens with zero attached hydrogens (tertiary/aromatic N) is 3. The van der Waals surface area contributed by atoms with Crippen molar-refractivity contribution in [3.05, 3.63) is 47.3 Å². The van der Waals surface area contributed by atoms with E-state index in [-0.39, 0.29) is 5.41 Å². The van der Waals surface area contributed by atoms with Crippen LogP contribution >= 0.6 is 0 Å². The predicted octanol–water partition coefficient (Wildman–Crippen LogP) is 4.15. The van der Waals surface area contributed by atoms with E-state index in [0.717, 1.165) is 54.0 Å². The average Bonchev–Trinajstić information content (AvgIpc) is 3.17. The lowest BCUT2D eigenvalue weighted by atomic mass is 9.49. The normalized spacial score (nSPS) is 30.3. The molecule has 1 amide bonds. The van der Waals surface area contributed by atoms with Gasteiger partial charge in [-0.3, -0.25) is 4.79 Å². The summed E-state index contributed by atoms with van der Waals surface area (Å²) in [4.78, 5) is 28.7. The molecule has 7 rings (SSSR count). The summed E-state index contributed by atoms with van der Waals surface area (Å²) < 4.78 is 7.19. The highest BCUT2D eigenvalue weighted by atomic mass is 16.5. The van der Waals surface area contributed by atoms with E-state index >= 15 is 0 Å². The number of hydrogen-bond donors (Lipinski definition) is 0. The van der Waals surface area contributed by atoms with Crippen molar-refractivity contribution in [1.29, 1.82) is 0 Å². The van der Waals surface area contributed by atoms with E-state index in [1.165, 1.54) is 19.3 Å². The third-order valence-electron chi connectivity index (χ3n) is 8.31. The molecule has 4 saturated carbocycles. The Morgan fingerprint density at radius 1 is 1.06 bits per heavy atom. The van der Waals surface area contributed by atoms with Gasteiger partial charge in [-0.05, 0) is 75.3 Å². The van der Waals surface area contributed by atoms with Crippen molar-refractivity contribution in [2.45, 2.75) is 58.4 Å². The van der Waals surface area contributed by atoms with E-state index in [1.807, 2.05) is 39.9 Å². The maximum atomic E-state index is 13.9. The maximum Gasteiger partial charge on any atom is 0.359 e. The van der Waals surface area contributed by atoms with Crippen LogP contribution in [0.5, 0.6) is 0 Å². The summed E-state index contributed by atoms with van der Waals surface area (Å²) in [5.74, 6) is 2.14. The smallest absolute Gasteiger partial charge is 0.359 e. The van der Waals surface area contributed by atoms with Crippen LogP contribution in [-0.4, -0.2) is 39.7 Å². The van der Waals surface area contributed by atoms with Crippen molar-refractivity contribution in [3.63, 3.8) is 0 Å². The summed E-state index contributed by atoms with van der Waals surface area (Å²) in [6.45, 7) is 3.26. The fourth-order valence-corrected chi connectivity index (χ4v) is 7.45. The van der Waals surface area contributed by atoms with Crippen molar-refractivity contribution in [3.8, 4) is 5.69 Å². The van der Waals surface area contributed by atoms with Gasteiger partial charge in [0.25, 0.3) is 0 Å². The molecule has 0 spiro atoms. The number of fused-ring (bicyclic) bond motifs is 1. The van der Waals surface area contributed by atoms with Crippen molar-refractivity contribution in [2.75, 3.05) is 13.2 Å². The zero-order valence-electron chi connectivity index (χ0n) is 18.8. The summed E-state index contributed by atoms with van der Waals surface area (Å²) in [5, 5.41) is 4.67. The molecule has 6 heteroatoms. The first kappa shape index (κ1) is 20.0. The summed E-state index contributed by atoms with van der Waals surface area (Å²) in [5.41, 5.74) is 3.01. The minimum absolute atomic E-state index is 0.161. The second-order valence-electron chi connectivity index (χ2n) is 10.4. The van der Waals surface area contributed by atoms with Gasteiger partial charge in [0.1, 0.15) is 0 Å². The molecule has 1 aliphatic heterocycles. The highest BCUT2D eigenvalue weighted by molar-refractivity contribution is 5.90. The van der Waals surface area contributed by atoms with E-state index in [2.05, 4.69) is 5.10 Å². The van der Waals surface area contributed by atoms with Crippen LogP contribution in [0.1, 0.15) is 67.2 Å². The highest BCUT2D eigenvalue weighted by Gasteiger charge is 2.55. The fourth-order valence-electron chi connectivity index (χ4n) is 7.45. The Bertz CT molecular complexity index is 1020. The molecule has 0 saturated heterocycles. The maximum absolute atomic E-state index is 13.9. The Kier molecular flexibility index (Phi) is 4.67. The van der Waals surface area contributed by atoms with Crippen LogP contribution in [0.3, 0.4) is 0 Å². The number of ether oxygens (including phenoxy) is 1. The first-order valence-electron chi connectivity index (χ1n) is 12.2. The molecular weight excluding hydrogens is 402 g/mol. The quantitative estimate of drug-likeness (QED) is 0.680. The van der Waals surface area contributed by atoms with Crippen LogP contribution in [0.25, 0.3) is 5.69 Å². The number of esters is 1. The lowest BCUT2D eigenvalue weighted by Gasteiger charge is -2.56. The summed E-state index contributed by atoms with van der Waals surface area (Å²) in [6, 6.07) is 9.90. The Labute approximate surface area is 188 Å². The van der Waals surface area contributed by atoms with Crippen LogP contribution in [-0.2, 0) is 22.5 Å². The lowest BCUT2D eigenvalue weighted by Crippen LogP contribution is -2.55. The molecular formula is C26H31N3O3. The molecule has 0 atom stereocenters. The van der Waals surface area contributed by atoms with Gasteiger partial charge in [-0.1, -0.05) is 18.2 Å². The SMILES string of the molecule is CCOC(=O)c1nn(-c2ccccc2)c2c1CN(C(=O)C13CC4CC(CC(C4)C1)C3)CC2. The Balaban J connectivity index is 1.33. The van der Waals surface area contributed by atoms with Crippen LogP contribution in [0.2, 0.25) is 0 Å². The van der Waals surface area contributed by atoms with Crippen molar-refractivity contribution >= 4 is 11.9 Å². The Morgan fingerprint density at radius 3 is 2.34 bits per heavy atom. The second kappa shape index (κ2) is 7.46. The third kappa shape index (κ3) is 3.10. The number of hydrogen-bond acceptors (Lipinski definition) is 4. The van der Waals surface area contributed by atoms with Gasteiger partial charge in [-0.15, -0.1) is 0 Å². The van der Waals surface area contributed by atoms with Gasteiger partial charge in [0.2, 0.25) is 5.91 Å². The largest absolute Gasteiger partial charge is 0.461 e. The molecule has 1 aromatic carbocycles. The molecule has 4 aliphatic carbocycles. The van der Waals surface area contributed by atoms with Crippen LogP contribution in [0.15, 0.2) is 30.3 Å². The summed E-state index contributed by atoms with van der Waals surface area (Å²) >= 11 is 0. The van der Waals surface area contributed by atoms with E-state index < -0.39 is 5.97 Å². The molecule has 0 radical (unpaired) electrons. The third-order valence-corrected chi connectivity index (χ3v) is 8.31. The number of para-hydroxylation sites is 1. The van der Waals surface area contributed by atoms with Gasteiger partial charge in [-0.2, -0.15) is 5.10 Å². The molecule has 2 heterocycles. The molecule has 0 unspecified atom stereocenters. The highest BCUT2D eigenvalue weighted by Crippen LogP contribution is 2.60. The second-order valence-corrected chi connectivity index (χ2v) is 10.4. The van der Waals surface area contributed by atoms with Gasteiger partial charge in [-0.25, -0.2) is 9.48 Å². The average molecular weight is 434 g/mol. The number of benzene rings is 1. The number of amides is 1. The van der Waals surface area contributed by atoms with Gasteiger partial charge < -0.3 is 9.64 Å². The Morgan fingerprint density at radius 2 is 1.72 bits per heavy atom. The molecule has 168 valence electrons. The van der Waals surface area contributed by atoms with E-state index in [1.54, 1.807) is 6.92 Å². The molecule has 1 aromatic heterocycles. The molecule has 0 N–H and O–H groups in total. The fraction of sp³-hybridized carbons (Fsp3) is 0.577.